The number of aromatic nitrogens is 2. The molecule has 106 valence electrons. The van der Waals surface area contributed by atoms with Gasteiger partial charge in [-0.15, -0.1) is 0 Å². The molecule has 6 heteroatoms. The fraction of sp³-hybridized carbons (Fsp3) is 0.692. The molecule has 1 atom stereocenters. The van der Waals surface area contributed by atoms with Gasteiger partial charge >= 0.3 is 0 Å². The third-order valence-electron chi connectivity index (χ3n) is 3.37. The lowest BCUT2D eigenvalue weighted by molar-refractivity contribution is 0.238. The van der Waals surface area contributed by atoms with Gasteiger partial charge in [0.05, 0.1) is 18.8 Å². The number of anilines is 2. The minimum absolute atomic E-state index is 0.0289. The normalized spacial score (nSPS) is 19.5. The molecule has 1 aromatic rings. The standard InChI is InChI=1S/C13H21FN4O/c1-2-6-15-13-16-8-11(14)12(17-13)18-7-4-3-5-10(18)9-19/h8,10,19H,2-7,9H2,1H3,(H,15,16,17). The molecule has 1 aliphatic rings. The number of halogens is 1. The summed E-state index contributed by atoms with van der Waals surface area (Å²) in [6, 6.07) is -0.0443. The Balaban J connectivity index is 2.21. The maximum Gasteiger partial charge on any atom is 0.224 e. The average Bonchev–Trinajstić information content (AvgIpc) is 2.46. The van der Waals surface area contributed by atoms with E-state index in [1.165, 1.54) is 6.20 Å². The van der Waals surface area contributed by atoms with Crippen LogP contribution in [0.2, 0.25) is 0 Å². The topological polar surface area (TPSA) is 61.3 Å². The van der Waals surface area contributed by atoms with E-state index in [-0.39, 0.29) is 12.6 Å². The Morgan fingerprint density at radius 2 is 2.37 bits per heavy atom. The van der Waals surface area contributed by atoms with Crippen LogP contribution >= 0.6 is 0 Å². The van der Waals surface area contributed by atoms with Crippen LogP contribution in [0.15, 0.2) is 6.20 Å². The van der Waals surface area contributed by atoms with E-state index in [0.29, 0.717) is 11.8 Å². The van der Waals surface area contributed by atoms with Crippen molar-refractivity contribution in [3.63, 3.8) is 0 Å². The minimum atomic E-state index is -0.428. The number of nitrogens with one attached hydrogen (secondary N) is 1. The molecule has 0 spiro atoms. The predicted molar refractivity (Wildman–Crippen MR) is 72.8 cm³/mol. The molecule has 2 heterocycles. The number of aliphatic hydroxyl groups is 1. The highest BCUT2D eigenvalue weighted by Gasteiger charge is 2.25. The van der Waals surface area contributed by atoms with Crippen LogP contribution in [0.25, 0.3) is 0 Å². The summed E-state index contributed by atoms with van der Waals surface area (Å²) in [5, 5.41) is 12.5. The van der Waals surface area contributed by atoms with Crippen LogP contribution in [0, 0.1) is 5.82 Å². The van der Waals surface area contributed by atoms with Crippen LogP contribution in [0.4, 0.5) is 16.2 Å². The molecule has 5 nitrogen and oxygen atoms in total. The molecule has 1 aliphatic heterocycles. The molecule has 0 amide bonds. The Kier molecular flexibility index (Phi) is 4.90. The van der Waals surface area contributed by atoms with Crippen LogP contribution in [0.1, 0.15) is 32.6 Å². The largest absolute Gasteiger partial charge is 0.394 e. The Morgan fingerprint density at radius 1 is 1.53 bits per heavy atom. The maximum absolute atomic E-state index is 13.9. The van der Waals surface area contributed by atoms with Crippen molar-refractivity contribution in [2.24, 2.45) is 0 Å². The predicted octanol–water partition coefficient (Wildman–Crippen LogP) is 1.79. The third kappa shape index (κ3) is 3.32. The summed E-state index contributed by atoms with van der Waals surface area (Å²) in [4.78, 5) is 10.0. The molecular formula is C13H21FN4O. The van der Waals surface area contributed by atoms with Crippen LogP contribution < -0.4 is 10.2 Å². The summed E-state index contributed by atoms with van der Waals surface area (Å²) < 4.78 is 13.9. The van der Waals surface area contributed by atoms with E-state index in [4.69, 9.17) is 0 Å². The fourth-order valence-electron chi connectivity index (χ4n) is 2.35. The molecule has 0 saturated carbocycles. The van der Waals surface area contributed by atoms with E-state index in [1.54, 1.807) is 0 Å². The zero-order valence-electron chi connectivity index (χ0n) is 11.3. The van der Waals surface area contributed by atoms with Crippen LogP contribution in [-0.2, 0) is 0 Å². The highest BCUT2D eigenvalue weighted by atomic mass is 19.1. The number of piperidine rings is 1. The van der Waals surface area contributed by atoms with E-state index in [1.807, 2.05) is 11.8 Å². The SMILES string of the molecule is CCCNc1ncc(F)c(N2CCCCC2CO)n1. The van der Waals surface area contributed by atoms with Gasteiger partial charge in [-0.3, -0.25) is 0 Å². The molecule has 2 N–H and O–H groups in total. The smallest absolute Gasteiger partial charge is 0.224 e. The van der Waals surface area contributed by atoms with Gasteiger partial charge in [0, 0.05) is 13.1 Å². The molecule has 0 aromatic carbocycles. The zero-order valence-corrected chi connectivity index (χ0v) is 11.3. The highest BCUT2D eigenvalue weighted by Crippen LogP contribution is 2.25. The van der Waals surface area contributed by atoms with Crippen molar-refractivity contribution in [3.8, 4) is 0 Å². The number of aliphatic hydroxyl groups excluding tert-OH is 1. The number of hydrogen-bond donors (Lipinski definition) is 2. The fourth-order valence-corrected chi connectivity index (χ4v) is 2.35. The van der Waals surface area contributed by atoms with Crippen molar-refractivity contribution in [2.45, 2.75) is 38.6 Å². The van der Waals surface area contributed by atoms with E-state index < -0.39 is 5.82 Å². The van der Waals surface area contributed by atoms with Crippen molar-refractivity contribution < 1.29 is 9.50 Å². The van der Waals surface area contributed by atoms with Crippen molar-refractivity contribution in [1.29, 1.82) is 0 Å². The summed E-state index contributed by atoms with van der Waals surface area (Å²) in [5.41, 5.74) is 0. The maximum atomic E-state index is 13.9. The lowest BCUT2D eigenvalue weighted by Gasteiger charge is -2.35. The molecule has 1 saturated heterocycles. The number of nitrogens with zero attached hydrogens (tertiary/aromatic N) is 3. The van der Waals surface area contributed by atoms with Gasteiger partial charge in [0.1, 0.15) is 0 Å². The van der Waals surface area contributed by atoms with Crippen molar-refractivity contribution in [1.82, 2.24) is 9.97 Å². The van der Waals surface area contributed by atoms with Crippen molar-refractivity contribution >= 4 is 11.8 Å². The van der Waals surface area contributed by atoms with Crippen LogP contribution in [0.3, 0.4) is 0 Å². The molecule has 1 fully saturated rings. The quantitative estimate of drug-likeness (QED) is 0.852. The summed E-state index contributed by atoms with van der Waals surface area (Å²) in [6.07, 6.45) is 5.09. The third-order valence-corrected chi connectivity index (χ3v) is 3.37. The number of hydrogen-bond acceptors (Lipinski definition) is 5. The van der Waals surface area contributed by atoms with Gasteiger partial charge < -0.3 is 15.3 Å². The second-order valence-electron chi connectivity index (χ2n) is 4.82. The lowest BCUT2D eigenvalue weighted by atomic mass is 10.0. The first-order valence-electron chi connectivity index (χ1n) is 6.90. The second kappa shape index (κ2) is 6.65. The zero-order chi connectivity index (χ0) is 13.7. The first-order valence-corrected chi connectivity index (χ1v) is 6.90. The molecule has 1 aromatic heterocycles. The second-order valence-corrected chi connectivity index (χ2v) is 4.82. The molecule has 19 heavy (non-hydrogen) atoms. The van der Waals surface area contributed by atoms with Gasteiger partial charge in [0.25, 0.3) is 0 Å². The molecule has 2 rings (SSSR count). The number of rotatable bonds is 5. The van der Waals surface area contributed by atoms with E-state index in [9.17, 15) is 9.50 Å². The van der Waals surface area contributed by atoms with Gasteiger partial charge in [-0.1, -0.05) is 6.92 Å². The van der Waals surface area contributed by atoms with Crippen molar-refractivity contribution in [3.05, 3.63) is 12.0 Å². The average molecular weight is 268 g/mol. The Labute approximate surface area is 112 Å². The monoisotopic (exact) mass is 268 g/mol. The molecule has 0 aliphatic carbocycles. The first-order chi connectivity index (χ1) is 9.26. The summed E-state index contributed by atoms with van der Waals surface area (Å²) in [7, 11) is 0. The van der Waals surface area contributed by atoms with Gasteiger partial charge in [-0.05, 0) is 25.7 Å². The van der Waals surface area contributed by atoms with Gasteiger partial charge in [0.2, 0.25) is 5.95 Å². The van der Waals surface area contributed by atoms with E-state index in [0.717, 1.165) is 38.8 Å². The molecule has 1 unspecified atom stereocenters. The Morgan fingerprint density at radius 3 is 3.11 bits per heavy atom. The summed E-state index contributed by atoms with van der Waals surface area (Å²) in [6.45, 7) is 3.56. The molecular weight excluding hydrogens is 247 g/mol. The first kappa shape index (κ1) is 14.0. The highest BCUT2D eigenvalue weighted by molar-refractivity contribution is 5.45. The Bertz CT molecular complexity index is 416. The van der Waals surface area contributed by atoms with E-state index >= 15 is 0 Å². The van der Waals surface area contributed by atoms with Gasteiger partial charge in [-0.25, -0.2) is 9.37 Å². The van der Waals surface area contributed by atoms with Crippen molar-refractivity contribution in [2.75, 3.05) is 29.9 Å². The minimum Gasteiger partial charge on any atom is -0.394 e. The van der Waals surface area contributed by atoms with Crippen LogP contribution in [0.5, 0.6) is 0 Å². The Hall–Kier alpha value is -1.43. The van der Waals surface area contributed by atoms with Gasteiger partial charge in [-0.2, -0.15) is 4.98 Å². The molecule has 0 bridgehead atoms. The van der Waals surface area contributed by atoms with E-state index in [2.05, 4.69) is 15.3 Å². The molecule has 0 radical (unpaired) electrons. The lowest BCUT2D eigenvalue weighted by Crippen LogP contribution is -2.43. The van der Waals surface area contributed by atoms with Gasteiger partial charge in [0.15, 0.2) is 11.6 Å². The summed E-state index contributed by atoms with van der Waals surface area (Å²) >= 11 is 0. The summed E-state index contributed by atoms with van der Waals surface area (Å²) in [5.74, 6) is 0.315. The van der Waals surface area contributed by atoms with Crippen LogP contribution in [-0.4, -0.2) is 40.8 Å².